The Bertz CT molecular complexity index is 1040. The van der Waals surface area contributed by atoms with Crippen molar-refractivity contribution in [3.63, 3.8) is 0 Å². The van der Waals surface area contributed by atoms with Crippen LogP contribution in [0.25, 0.3) is 0 Å². The van der Waals surface area contributed by atoms with Gasteiger partial charge in [0, 0.05) is 12.0 Å². The number of oxime groups is 1. The zero-order valence-electron chi connectivity index (χ0n) is 22.8. The predicted octanol–water partition coefficient (Wildman–Crippen LogP) is 3.81. The summed E-state index contributed by atoms with van der Waals surface area (Å²) in [6.07, 6.45) is 10.9. The van der Waals surface area contributed by atoms with Gasteiger partial charge in [-0.3, -0.25) is 9.59 Å². The lowest BCUT2D eigenvalue weighted by Gasteiger charge is -2.59. The maximum Gasteiger partial charge on any atom is 0.328 e. The standard InChI is InChI=1S/C29H42N2O6/c1-18(32)29(35)14-11-23-21-8-7-19-16-20(9-12-27(19,2)22(21)10-13-28(23,29)3)30-37-17-25(33)31-15-5-6-24(31)26(34)36-4/h16,21-24,35H,5-15,17H2,1-4H3/t21-,22-,23-,24-,27-,28-,29-/m0/s1. The summed E-state index contributed by atoms with van der Waals surface area (Å²) in [6, 6.07) is -0.523. The largest absolute Gasteiger partial charge is 0.467 e. The van der Waals surface area contributed by atoms with Crippen LogP contribution >= 0.6 is 0 Å². The number of hydrogen-bond donors (Lipinski definition) is 1. The zero-order chi connectivity index (χ0) is 26.6. The number of carbonyl (C=O) groups excluding carboxylic acids is 3. The van der Waals surface area contributed by atoms with Crippen LogP contribution in [-0.4, -0.2) is 65.3 Å². The number of Topliss-reactive ketones (excluding diaryl/α,β-unsaturated/α-hetero) is 1. The van der Waals surface area contributed by atoms with Crippen LogP contribution in [0.4, 0.5) is 0 Å². The lowest BCUT2D eigenvalue weighted by atomic mass is 9.46. The van der Waals surface area contributed by atoms with Gasteiger partial charge in [0.2, 0.25) is 0 Å². The van der Waals surface area contributed by atoms with Crippen LogP contribution in [-0.2, 0) is 24.0 Å². The number of rotatable bonds is 5. The van der Waals surface area contributed by atoms with Crippen molar-refractivity contribution in [1.29, 1.82) is 0 Å². The molecule has 8 nitrogen and oxygen atoms in total. The number of nitrogens with zero attached hydrogens (tertiary/aromatic N) is 2. The second-order valence-corrected chi connectivity index (χ2v) is 12.5. The monoisotopic (exact) mass is 514 g/mol. The van der Waals surface area contributed by atoms with Crippen molar-refractivity contribution in [2.45, 2.75) is 96.6 Å². The van der Waals surface area contributed by atoms with Gasteiger partial charge in [0.25, 0.3) is 5.91 Å². The first kappa shape index (κ1) is 26.4. The van der Waals surface area contributed by atoms with E-state index in [-0.39, 0.29) is 35.1 Å². The van der Waals surface area contributed by atoms with Crippen molar-refractivity contribution in [2.24, 2.45) is 33.7 Å². The molecule has 1 amide bonds. The summed E-state index contributed by atoms with van der Waals surface area (Å²) in [6.45, 7) is 6.47. The Morgan fingerprint density at radius 1 is 1.08 bits per heavy atom. The number of carbonyl (C=O) groups is 3. The molecule has 5 rings (SSSR count). The van der Waals surface area contributed by atoms with E-state index in [2.05, 4.69) is 25.1 Å². The maximum absolute atomic E-state index is 12.6. The first-order chi connectivity index (χ1) is 17.5. The third kappa shape index (κ3) is 4.05. The Labute approximate surface area is 219 Å². The van der Waals surface area contributed by atoms with Crippen molar-refractivity contribution in [2.75, 3.05) is 20.3 Å². The Hall–Kier alpha value is -2.22. The molecule has 0 aromatic rings. The first-order valence-electron chi connectivity index (χ1n) is 14.1. The van der Waals surface area contributed by atoms with E-state index in [1.165, 1.54) is 17.6 Å². The summed E-state index contributed by atoms with van der Waals surface area (Å²) in [5.41, 5.74) is 0.896. The van der Waals surface area contributed by atoms with Gasteiger partial charge in [0.1, 0.15) is 11.6 Å². The Morgan fingerprint density at radius 2 is 1.84 bits per heavy atom. The van der Waals surface area contributed by atoms with Gasteiger partial charge in [-0.1, -0.05) is 24.6 Å². The molecule has 1 heterocycles. The van der Waals surface area contributed by atoms with E-state index in [9.17, 15) is 19.5 Å². The molecule has 37 heavy (non-hydrogen) atoms. The Morgan fingerprint density at radius 3 is 2.57 bits per heavy atom. The Kier molecular flexibility index (Phi) is 6.78. The minimum Gasteiger partial charge on any atom is -0.467 e. The van der Waals surface area contributed by atoms with Crippen LogP contribution in [0.2, 0.25) is 0 Å². The normalized spacial score (nSPS) is 41.9. The quantitative estimate of drug-likeness (QED) is 0.442. The van der Waals surface area contributed by atoms with Crippen molar-refractivity contribution in [1.82, 2.24) is 4.90 Å². The molecular weight excluding hydrogens is 472 g/mol. The number of aliphatic hydroxyl groups is 1. The maximum atomic E-state index is 12.6. The average molecular weight is 515 g/mol. The molecule has 1 saturated heterocycles. The molecule has 0 aromatic heterocycles. The summed E-state index contributed by atoms with van der Waals surface area (Å²) >= 11 is 0. The zero-order valence-corrected chi connectivity index (χ0v) is 22.8. The predicted molar refractivity (Wildman–Crippen MR) is 137 cm³/mol. The van der Waals surface area contributed by atoms with Crippen LogP contribution in [0.15, 0.2) is 16.8 Å². The van der Waals surface area contributed by atoms with Gasteiger partial charge in [-0.25, -0.2) is 4.79 Å². The van der Waals surface area contributed by atoms with Gasteiger partial charge < -0.3 is 19.6 Å². The molecule has 0 spiro atoms. The van der Waals surface area contributed by atoms with Crippen molar-refractivity contribution >= 4 is 23.4 Å². The van der Waals surface area contributed by atoms with Gasteiger partial charge in [-0.15, -0.1) is 0 Å². The number of ether oxygens (including phenoxy) is 1. The van der Waals surface area contributed by atoms with E-state index in [1.807, 2.05) is 0 Å². The third-order valence-electron chi connectivity index (χ3n) is 11.1. The molecular formula is C29H42N2O6. The molecule has 8 heteroatoms. The van der Waals surface area contributed by atoms with Gasteiger partial charge in [0.05, 0.1) is 12.8 Å². The highest BCUT2D eigenvalue weighted by Crippen LogP contribution is 2.67. The topological polar surface area (TPSA) is 106 Å². The summed E-state index contributed by atoms with van der Waals surface area (Å²) in [7, 11) is 1.34. The molecule has 4 fully saturated rings. The molecule has 0 radical (unpaired) electrons. The first-order valence-corrected chi connectivity index (χ1v) is 14.1. The van der Waals surface area contributed by atoms with E-state index in [0.29, 0.717) is 37.1 Å². The van der Waals surface area contributed by atoms with Gasteiger partial charge >= 0.3 is 5.97 Å². The Balaban J connectivity index is 1.25. The number of hydrogen-bond acceptors (Lipinski definition) is 7. The molecule has 0 unspecified atom stereocenters. The van der Waals surface area contributed by atoms with Crippen LogP contribution in [0, 0.1) is 28.6 Å². The molecule has 1 aliphatic heterocycles. The van der Waals surface area contributed by atoms with Crippen molar-refractivity contribution < 1.29 is 29.1 Å². The fourth-order valence-electron chi connectivity index (χ4n) is 8.94. The number of methoxy groups -OCH3 is 1. The summed E-state index contributed by atoms with van der Waals surface area (Å²) in [4.78, 5) is 44.0. The fourth-order valence-corrected chi connectivity index (χ4v) is 8.94. The molecule has 0 bridgehead atoms. The SMILES string of the molecule is COC(=O)[C@@H]1CCCN1C(=O)CON=C1C=C2CC[C@H]3[C@H](CC[C@@]4(C)[C@H]3CC[C@]4(O)C(C)=O)[C@@]2(C)CC1. The summed E-state index contributed by atoms with van der Waals surface area (Å²) in [5.74, 6) is 0.789. The van der Waals surface area contributed by atoms with Gasteiger partial charge in [0.15, 0.2) is 12.4 Å². The van der Waals surface area contributed by atoms with Crippen molar-refractivity contribution in [3.05, 3.63) is 11.6 Å². The van der Waals surface area contributed by atoms with Crippen molar-refractivity contribution in [3.8, 4) is 0 Å². The molecule has 0 aromatic carbocycles. The van der Waals surface area contributed by atoms with Crippen LogP contribution in [0.1, 0.15) is 85.0 Å². The molecule has 204 valence electrons. The van der Waals surface area contributed by atoms with Gasteiger partial charge in [-0.05, 0) is 100 Å². The van der Waals surface area contributed by atoms with E-state index in [0.717, 1.165) is 57.1 Å². The second-order valence-electron chi connectivity index (χ2n) is 12.5. The molecule has 4 aliphatic carbocycles. The molecule has 5 aliphatic rings. The highest BCUT2D eigenvalue weighted by atomic mass is 16.6. The molecule has 3 saturated carbocycles. The minimum atomic E-state index is -1.17. The number of esters is 1. The van der Waals surface area contributed by atoms with E-state index >= 15 is 0 Å². The fraction of sp³-hybridized carbons (Fsp3) is 0.793. The third-order valence-corrected chi connectivity index (χ3v) is 11.1. The van der Waals surface area contributed by atoms with Gasteiger partial charge in [-0.2, -0.15) is 0 Å². The highest BCUT2D eigenvalue weighted by Gasteiger charge is 2.65. The molecule has 7 atom stereocenters. The van der Waals surface area contributed by atoms with Crippen LogP contribution in [0.5, 0.6) is 0 Å². The van der Waals surface area contributed by atoms with E-state index in [1.54, 1.807) is 6.92 Å². The van der Waals surface area contributed by atoms with E-state index < -0.39 is 11.6 Å². The van der Waals surface area contributed by atoms with Crippen LogP contribution < -0.4 is 0 Å². The highest BCUT2D eigenvalue weighted by molar-refractivity contribution is 5.96. The second kappa shape index (κ2) is 9.51. The number of amides is 1. The van der Waals surface area contributed by atoms with E-state index in [4.69, 9.17) is 9.57 Å². The minimum absolute atomic E-state index is 0.0684. The molecule has 1 N–H and O–H groups in total. The number of ketones is 1. The smallest absolute Gasteiger partial charge is 0.328 e. The lowest BCUT2D eigenvalue weighted by molar-refractivity contribution is -0.159. The lowest BCUT2D eigenvalue weighted by Crippen LogP contribution is -2.57. The number of fused-ring (bicyclic) bond motifs is 5. The number of likely N-dealkylation sites (tertiary alicyclic amines) is 1. The number of allylic oxidation sites excluding steroid dienone is 2. The summed E-state index contributed by atoms with van der Waals surface area (Å²) in [5, 5.41) is 15.7. The average Bonchev–Trinajstić information content (AvgIpc) is 3.47. The van der Waals surface area contributed by atoms with Crippen LogP contribution in [0.3, 0.4) is 0 Å². The summed E-state index contributed by atoms with van der Waals surface area (Å²) < 4.78 is 4.82.